The summed E-state index contributed by atoms with van der Waals surface area (Å²) in [6.07, 6.45) is 4.11. The van der Waals surface area contributed by atoms with Crippen LogP contribution in [-0.2, 0) is 17.0 Å². The topological polar surface area (TPSA) is 55.5 Å². The molecule has 0 unspecified atom stereocenters. The number of fused-ring (bicyclic) bond motifs is 2. The van der Waals surface area contributed by atoms with E-state index < -0.39 is 0 Å². The fraction of sp³-hybridized carbons (Fsp3) is 0.286. The van der Waals surface area contributed by atoms with Crippen LogP contribution in [-0.4, -0.2) is 50.6 Å². The normalized spacial score (nSPS) is 15.4. The van der Waals surface area contributed by atoms with Gasteiger partial charge in [0.2, 0.25) is 0 Å². The number of imidazole rings is 1. The van der Waals surface area contributed by atoms with Gasteiger partial charge >= 0.3 is 0 Å². The van der Waals surface area contributed by atoms with Crippen LogP contribution in [0, 0.1) is 0 Å². The monoisotopic (exact) mass is 391 g/mol. The maximum absolute atomic E-state index is 5.45. The number of ether oxygens (including phenoxy) is 1. The van der Waals surface area contributed by atoms with Crippen LogP contribution >= 0.6 is 11.8 Å². The number of rotatable bonds is 5. The summed E-state index contributed by atoms with van der Waals surface area (Å²) >= 11 is 1.72. The molecule has 1 aliphatic rings. The van der Waals surface area contributed by atoms with Crippen LogP contribution in [0.5, 0.6) is 0 Å². The summed E-state index contributed by atoms with van der Waals surface area (Å²) in [6, 6.07) is 14.3. The summed E-state index contributed by atoms with van der Waals surface area (Å²) in [4.78, 5) is 16.7. The molecule has 6 nitrogen and oxygen atoms in total. The highest BCUT2D eigenvalue weighted by atomic mass is 32.2. The first-order valence-electron chi connectivity index (χ1n) is 9.46. The molecular weight excluding hydrogens is 370 g/mol. The molecule has 28 heavy (non-hydrogen) atoms. The Bertz CT molecular complexity index is 1070. The summed E-state index contributed by atoms with van der Waals surface area (Å²) < 4.78 is 7.50. The highest BCUT2D eigenvalue weighted by Gasteiger charge is 2.15. The molecule has 4 heterocycles. The SMILES string of the molecule is c1ccc2c(SCc3cn4ccccc4n3)nc(CN3CCOCC3)nc2c1. The Morgan fingerprint density at radius 3 is 2.71 bits per heavy atom. The van der Waals surface area contributed by atoms with Crippen molar-refractivity contribution in [2.45, 2.75) is 17.3 Å². The summed E-state index contributed by atoms with van der Waals surface area (Å²) in [5, 5.41) is 2.12. The summed E-state index contributed by atoms with van der Waals surface area (Å²) in [5.74, 6) is 1.65. The third kappa shape index (κ3) is 3.73. The zero-order valence-corrected chi connectivity index (χ0v) is 16.3. The maximum Gasteiger partial charge on any atom is 0.144 e. The van der Waals surface area contributed by atoms with Gasteiger partial charge in [0.05, 0.1) is 31.0 Å². The van der Waals surface area contributed by atoms with Gasteiger partial charge in [-0.05, 0) is 18.2 Å². The van der Waals surface area contributed by atoms with Crippen LogP contribution in [0.3, 0.4) is 0 Å². The van der Waals surface area contributed by atoms with Gasteiger partial charge in [-0.25, -0.2) is 15.0 Å². The van der Waals surface area contributed by atoms with E-state index in [0.29, 0.717) is 0 Å². The summed E-state index contributed by atoms with van der Waals surface area (Å²) in [5.41, 5.74) is 3.02. The van der Waals surface area contributed by atoms with Crippen molar-refractivity contribution in [2.75, 3.05) is 26.3 Å². The van der Waals surface area contributed by atoms with Crippen molar-refractivity contribution in [1.82, 2.24) is 24.3 Å². The van der Waals surface area contributed by atoms with Crippen molar-refractivity contribution in [2.24, 2.45) is 0 Å². The van der Waals surface area contributed by atoms with E-state index >= 15 is 0 Å². The lowest BCUT2D eigenvalue weighted by atomic mass is 10.2. The molecule has 0 bridgehead atoms. The molecule has 0 atom stereocenters. The quantitative estimate of drug-likeness (QED) is 0.384. The Morgan fingerprint density at radius 1 is 0.964 bits per heavy atom. The van der Waals surface area contributed by atoms with Crippen molar-refractivity contribution < 1.29 is 4.74 Å². The Morgan fingerprint density at radius 2 is 1.82 bits per heavy atom. The zero-order chi connectivity index (χ0) is 18.8. The predicted octanol–water partition coefficient (Wildman–Crippen LogP) is 3.40. The minimum atomic E-state index is 0.760. The van der Waals surface area contributed by atoms with Crippen molar-refractivity contribution in [3.8, 4) is 0 Å². The van der Waals surface area contributed by atoms with Gasteiger partial charge in [-0.1, -0.05) is 36.0 Å². The van der Waals surface area contributed by atoms with E-state index in [1.807, 2.05) is 36.5 Å². The number of hydrogen-bond acceptors (Lipinski definition) is 6. The van der Waals surface area contributed by atoms with E-state index in [2.05, 4.69) is 27.6 Å². The fourth-order valence-corrected chi connectivity index (χ4v) is 4.35. The van der Waals surface area contributed by atoms with E-state index in [-0.39, 0.29) is 0 Å². The molecule has 0 spiro atoms. The molecular formula is C21H21N5OS. The molecule has 0 aliphatic carbocycles. The number of pyridine rings is 1. The first-order chi connectivity index (χ1) is 13.8. The predicted molar refractivity (Wildman–Crippen MR) is 110 cm³/mol. The molecule has 1 aliphatic heterocycles. The van der Waals surface area contributed by atoms with E-state index in [0.717, 1.165) is 71.7 Å². The van der Waals surface area contributed by atoms with Crippen molar-refractivity contribution in [3.63, 3.8) is 0 Å². The van der Waals surface area contributed by atoms with Gasteiger partial charge in [-0.3, -0.25) is 4.90 Å². The number of aromatic nitrogens is 4. The second-order valence-corrected chi connectivity index (χ2v) is 7.80. The van der Waals surface area contributed by atoms with Crippen molar-refractivity contribution in [3.05, 3.63) is 66.4 Å². The van der Waals surface area contributed by atoms with E-state index in [1.54, 1.807) is 11.8 Å². The van der Waals surface area contributed by atoms with E-state index in [1.165, 1.54) is 0 Å². The van der Waals surface area contributed by atoms with E-state index in [9.17, 15) is 0 Å². The molecule has 1 aromatic carbocycles. The lowest BCUT2D eigenvalue weighted by Gasteiger charge is -2.25. The second-order valence-electron chi connectivity index (χ2n) is 6.84. The van der Waals surface area contributed by atoms with Gasteiger partial charge in [-0.15, -0.1) is 0 Å². The molecule has 0 radical (unpaired) electrons. The molecule has 0 saturated carbocycles. The van der Waals surface area contributed by atoms with Crippen LogP contribution in [0.25, 0.3) is 16.6 Å². The van der Waals surface area contributed by atoms with Crippen LogP contribution in [0.15, 0.2) is 59.9 Å². The minimum Gasteiger partial charge on any atom is -0.379 e. The lowest BCUT2D eigenvalue weighted by molar-refractivity contribution is 0.0330. The first-order valence-corrected chi connectivity index (χ1v) is 10.4. The number of morpholine rings is 1. The number of nitrogens with zero attached hydrogens (tertiary/aromatic N) is 5. The molecule has 3 aromatic heterocycles. The Labute approximate surface area is 167 Å². The Balaban J connectivity index is 1.41. The van der Waals surface area contributed by atoms with Gasteiger partial charge in [0.25, 0.3) is 0 Å². The largest absolute Gasteiger partial charge is 0.379 e. The summed E-state index contributed by atoms with van der Waals surface area (Å²) in [7, 11) is 0. The van der Waals surface area contributed by atoms with Crippen LogP contribution < -0.4 is 0 Å². The summed E-state index contributed by atoms with van der Waals surface area (Å²) in [6.45, 7) is 4.18. The number of hydrogen-bond donors (Lipinski definition) is 0. The molecule has 1 fully saturated rings. The van der Waals surface area contributed by atoms with Crippen molar-refractivity contribution in [1.29, 1.82) is 0 Å². The Kier molecular flexibility index (Phi) is 4.95. The van der Waals surface area contributed by atoms with Crippen LogP contribution in [0.2, 0.25) is 0 Å². The molecule has 0 amide bonds. The van der Waals surface area contributed by atoms with Gasteiger partial charge in [-0.2, -0.15) is 0 Å². The number of para-hydroxylation sites is 1. The molecule has 5 rings (SSSR count). The van der Waals surface area contributed by atoms with Gasteiger partial charge in [0, 0.05) is 36.6 Å². The van der Waals surface area contributed by atoms with Crippen LogP contribution in [0.4, 0.5) is 0 Å². The average molecular weight is 392 g/mol. The zero-order valence-electron chi connectivity index (χ0n) is 15.5. The highest BCUT2D eigenvalue weighted by Crippen LogP contribution is 2.28. The maximum atomic E-state index is 5.45. The van der Waals surface area contributed by atoms with E-state index in [4.69, 9.17) is 19.7 Å². The fourth-order valence-electron chi connectivity index (χ4n) is 3.43. The molecule has 7 heteroatoms. The van der Waals surface area contributed by atoms with Gasteiger partial charge in [0.1, 0.15) is 16.5 Å². The number of thioether (sulfide) groups is 1. The van der Waals surface area contributed by atoms with Gasteiger partial charge < -0.3 is 9.14 Å². The second kappa shape index (κ2) is 7.87. The first kappa shape index (κ1) is 17.6. The molecule has 4 aromatic rings. The minimum absolute atomic E-state index is 0.760. The third-order valence-corrected chi connectivity index (χ3v) is 5.88. The average Bonchev–Trinajstić information content (AvgIpc) is 3.16. The molecule has 142 valence electrons. The number of benzene rings is 1. The molecule has 1 saturated heterocycles. The van der Waals surface area contributed by atoms with Gasteiger partial charge in [0.15, 0.2) is 0 Å². The standard InChI is InChI=1S/C21H21N5OS/c1-2-6-18-17(5-1)21(24-19(23-18)14-25-9-11-27-12-10-25)28-15-16-13-26-8-4-3-7-20(26)22-16/h1-8,13H,9-12,14-15H2. The van der Waals surface area contributed by atoms with Crippen molar-refractivity contribution >= 4 is 28.3 Å². The Hall–Kier alpha value is -2.48. The highest BCUT2D eigenvalue weighted by molar-refractivity contribution is 7.98. The van der Waals surface area contributed by atoms with Crippen LogP contribution in [0.1, 0.15) is 11.5 Å². The smallest absolute Gasteiger partial charge is 0.144 e. The molecule has 0 N–H and O–H groups in total. The third-order valence-electron chi connectivity index (χ3n) is 4.85. The lowest BCUT2D eigenvalue weighted by Crippen LogP contribution is -2.36.